The zero-order valence-corrected chi connectivity index (χ0v) is 13.5. The lowest BCUT2D eigenvalue weighted by molar-refractivity contribution is -0.115. The minimum absolute atomic E-state index is 0.105. The number of anilines is 1. The van der Waals surface area contributed by atoms with Crippen molar-refractivity contribution < 1.29 is 4.79 Å². The van der Waals surface area contributed by atoms with Crippen molar-refractivity contribution in [1.29, 1.82) is 0 Å². The average Bonchev–Trinajstić information content (AvgIpc) is 2.95. The molecule has 0 saturated carbocycles. The van der Waals surface area contributed by atoms with Gasteiger partial charge in [0.1, 0.15) is 10.1 Å². The number of carbonyl (C=O) groups is 1. The molecule has 2 rings (SSSR count). The second-order valence-electron chi connectivity index (χ2n) is 4.57. The van der Waals surface area contributed by atoms with Gasteiger partial charge < -0.3 is 10.2 Å². The van der Waals surface area contributed by atoms with E-state index >= 15 is 0 Å². The highest BCUT2D eigenvalue weighted by Crippen LogP contribution is 2.21. The lowest BCUT2D eigenvalue weighted by atomic mass is 10.4. The van der Waals surface area contributed by atoms with Crippen LogP contribution in [0.2, 0.25) is 5.02 Å². The summed E-state index contributed by atoms with van der Waals surface area (Å²) in [5.74, 6) is 0.394. The third kappa shape index (κ3) is 4.33. The van der Waals surface area contributed by atoms with E-state index in [1.165, 1.54) is 30.8 Å². The molecule has 1 fully saturated rings. The molecule has 108 valence electrons. The van der Waals surface area contributed by atoms with Crippen molar-refractivity contribution >= 4 is 51.6 Å². The van der Waals surface area contributed by atoms with E-state index in [0.29, 0.717) is 10.8 Å². The first-order chi connectivity index (χ1) is 9.56. The van der Waals surface area contributed by atoms with Crippen LogP contribution in [-0.4, -0.2) is 38.5 Å². The molecule has 1 N–H and O–H groups in total. The number of nitrogens with zero attached hydrogens (tertiary/aromatic N) is 2. The lowest BCUT2D eigenvalue weighted by Crippen LogP contribution is -2.29. The van der Waals surface area contributed by atoms with Crippen molar-refractivity contribution in [2.24, 2.45) is 0 Å². The number of nitrogens with one attached hydrogen (secondary N) is 1. The lowest BCUT2D eigenvalue weighted by Gasteiger charge is -2.20. The minimum atomic E-state index is -0.249. The van der Waals surface area contributed by atoms with Crippen molar-refractivity contribution in [1.82, 2.24) is 9.88 Å². The largest absolute Gasteiger partial charge is 0.358 e. The van der Waals surface area contributed by atoms with E-state index in [1.54, 1.807) is 12.1 Å². The first-order valence-corrected chi connectivity index (χ1v) is 8.11. The molecule has 1 aliphatic rings. The number of pyridine rings is 1. The van der Waals surface area contributed by atoms with Crippen molar-refractivity contribution in [2.75, 3.05) is 18.4 Å². The quantitative estimate of drug-likeness (QED) is 0.863. The number of rotatable bonds is 3. The van der Waals surface area contributed by atoms with Gasteiger partial charge in [-0.2, -0.15) is 0 Å². The Hall–Kier alpha value is -0.850. The van der Waals surface area contributed by atoms with Gasteiger partial charge in [-0.25, -0.2) is 4.98 Å². The molecule has 4 nitrogen and oxygen atoms in total. The summed E-state index contributed by atoms with van der Waals surface area (Å²) < 4.78 is 0.800. The van der Waals surface area contributed by atoms with Gasteiger partial charge in [0.15, 0.2) is 0 Å². The molecule has 20 heavy (non-hydrogen) atoms. The van der Waals surface area contributed by atoms with E-state index in [0.717, 1.165) is 17.4 Å². The fraction of sp³-hybridized carbons (Fsp3) is 0.462. The molecule has 1 aliphatic heterocycles. The summed E-state index contributed by atoms with van der Waals surface area (Å²) >= 11 is 12.5. The molecule has 0 aromatic carbocycles. The Morgan fingerprint density at radius 3 is 2.80 bits per heavy atom. The van der Waals surface area contributed by atoms with Crippen molar-refractivity contribution in [3.8, 4) is 0 Å². The molecule has 1 aromatic rings. The van der Waals surface area contributed by atoms with E-state index in [1.807, 2.05) is 6.92 Å². The second kappa shape index (κ2) is 7.24. The zero-order chi connectivity index (χ0) is 14.5. The maximum Gasteiger partial charge on any atom is 0.238 e. The number of hydrogen-bond acceptors (Lipinski definition) is 4. The summed E-state index contributed by atoms with van der Waals surface area (Å²) in [6.45, 7) is 3.84. The predicted octanol–water partition coefficient (Wildman–Crippen LogP) is 3.18. The SMILES string of the molecule is CC(SC(=S)N1CCCC1)C(=O)Nc1ccc(Cl)cn1. The Morgan fingerprint density at radius 2 is 2.20 bits per heavy atom. The first kappa shape index (κ1) is 15.5. The van der Waals surface area contributed by atoms with Crippen LogP contribution in [0.1, 0.15) is 19.8 Å². The topological polar surface area (TPSA) is 45.2 Å². The van der Waals surface area contributed by atoms with Crippen LogP contribution in [0, 0.1) is 0 Å². The summed E-state index contributed by atoms with van der Waals surface area (Å²) in [5.41, 5.74) is 0. The zero-order valence-electron chi connectivity index (χ0n) is 11.1. The van der Waals surface area contributed by atoms with Crippen LogP contribution in [0.3, 0.4) is 0 Å². The third-order valence-corrected chi connectivity index (χ3v) is 4.79. The van der Waals surface area contributed by atoms with E-state index in [9.17, 15) is 4.79 Å². The van der Waals surface area contributed by atoms with Crippen LogP contribution in [-0.2, 0) is 4.79 Å². The molecule has 0 spiro atoms. The Bertz CT molecular complexity index is 489. The normalized spacial score (nSPS) is 16.0. The van der Waals surface area contributed by atoms with E-state index in [4.69, 9.17) is 23.8 Å². The Kier molecular flexibility index (Phi) is 5.63. The van der Waals surface area contributed by atoms with Crippen LogP contribution in [0.15, 0.2) is 18.3 Å². The molecule has 0 radical (unpaired) electrons. The Labute approximate surface area is 133 Å². The molecule has 1 atom stereocenters. The smallest absolute Gasteiger partial charge is 0.238 e. The maximum absolute atomic E-state index is 12.1. The molecule has 1 amide bonds. The highest BCUT2D eigenvalue weighted by molar-refractivity contribution is 8.23. The highest BCUT2D eigenvalue weighted by atomic mass is 35.5. The predicted molar refractivity (Wildman–Crippen MR) is 88.3 cm³/mol. The summed E-state index contributed by atoms with van der Waals surface area (Å²) in [7, 11) is 0. The summed E-state index contributed by atoms with van der Waals surface area (Å²) in [6.07, 6.45) is 3.86. The monoisotopic (exact) mass is 329 g/mol. The van der Waals surface area contributed by atoms with Gasteiger partial charge in [0.2, 0.25) is 5.91 Å². The van der Waals surface area contributed by atoms with Crippen molar-refractivity contribution in [3.63, 3.8) is 0 Å². The average molecular weight is 330 g/mol. The number of carbonyl (C=O) groups excluding carboxylic acids is 1. The Morgan fingerprint density at radius 1 is 1.50 bits per heavy atom. The fourth-order valence-corrected chi connectivity index (χ4v) is 3.38. The summed E-state index contributed by atoms with van der Waals surface area (Å²) in [6, 6.07) is 3.37. The molecule has 7 heteroatoms. The molecule has 1 saturated heterocycles. The molecule has 2 heterocycles. The number of hydrogen-bond donors (Lipinski definition) is 1. The number of amides is 1. The van der Waals surface area contributed by atoms with Gasteiger partial charge in [-0.15, -0.1) is 0 Å². The van der Waals surface area contributed by atoms with Crippen molar-refractivity contribution in [3.05, 3.63) is 23.4 Å². The molecular weight excluding hydrogens is 314 g/mol. The van der Waals surface area contributed by atoms with Gasteiger partial charge in [0.25, 0.3) is 0 Å². The second-order valence-corrected chi connectivity index (χ2v) is 6.98. The fourth-order valence-electron chi connectivity index (χ4n) is 1.86. The highest BCUT2D eigenvalue weighted by Gasteiger charge is 2.21. The van der Waals surface area contributed by atoms with Crippen LogP contribution < -0.4 is 5.32 Å². The third-order valence-electron chi connectivity index (χ3n) is 2.99. The number of aromatic nitrogens is 1. The van der Waals surface area contributed by atoms with Crippen LogP contribution in [0.25, 0.3) is 0 Å². The number of thioether (sulfide) groups is 1. The first-order valence-electron chi connectivity index (χ1n) is 6.44. The van der Waals surface area contributed by atoms with Crippen LogP contribution in [0.5, 0.6) is 0 Å². The van der Waals surface area contributed by atoms with Gasteiger partial charge in [-0.05, 0) is 31.9 Å². The van der Waals surface area contributed by atoms with E-state index in [-0.39, 0.29) is 11.2 Å². The molecule has 1 unspecified atom stereocenters. The van der Waals surface area contributed by atoms with Gasteiger partial charge in [-0.3, -0.25) is 4.79 Å². The maximum atomic E-state index is 12.1. The van der Waals surface area contributed by atoms with Crippen molar-refractivity contribution in [2.45, 2.75) is 25.0 Å². The molecule has 0 aliphatic carbocycles. The molecular formula is C13H16ClN3OS2. The standard InChI is InChI=1S/C13H16ClN3OS2/c1-9(20-13(19)17-6-2-3-7-17)12(18)16-11-5-4-10(14)8-15-11/h4-5,8-9H,2-3,6-7H2,1H3,(H,15,16,18). The van der Waals surface area contributed by atoms with Crippen LogP contribution in [0.4, 0.5) is 5.82 Å². The van der Waals surface area contributed by atoms with Gasteiger partial charge in [0.05, 0.1) is 10.3 Å². The number of thiocarbonyl (C=S) groups is 1. The van der Waals surface area contributed by atoms with E-state index < -0.39 is 0 Å². The number of halogens is 1. The summed E-state index contributed by atoms with van der Waals surface area (Å²) in [4.78, 5) is 18.3. The van der Waals surface area contributed by atoms with E-state index in [2.05, 4.69) is 15.2 Å². The van der Waals surface area contributed by atoms with Gasteiger partial charge >= 0.3 is 0 Å². The molecule has 0 bridgehead atoms. The number of likely N-dealkylation sites (tertiary alicyclic amines) is 1. The van der Waals surface area contributed by atoms with Crippen LogP contribution >= 0.6 is 35.6 Å². The van der Waals surface area contributed by atoms with Gasteiger partial charge in [0, 0.05) is 19.3 Å². The Balaban J connectivity index is 1.85. The minimum Gasteiger partial charge on any atom is -0.358 e. The molecule has 1 aromatic heterocycles. The summed E-state index contributed by atoms with van der Waals surface area (Å²) in [5, 5.41) is 3.05. The van der Waals surface area contributed by atoms with Gasteiger partial charge in [-0.1, -0.05) is 35.6 Å².